The predicted molar refractivity (Wildman–Crippen MR) is 76.3 cm³/mol. The number of ether oxygens (including phenoxy) is 1. The number of hydrogen-bond acceptors (Lipinski definition) is 4. The molecule has 1 unspecified atom stereocenters. The normalized spacial score (nSPS) is 14.2. The third-order valence-corrected chi connectivity index (χ3v) is 3.57. The van der Waals surface area contributed by atoms with Gasteiger partial charge in [-0.3, -0.25) is 0 Å². The summed E-state index contributed by atoms with van der Waals surface area (Å²) >= 11 is 0. The molecule has 0 aromatic heterocycles. The Morgan fingerprint density at radius 3 is 2.25 bits per heavy atom. The van der Waals surface area contributed by atoms with Crippen LogP contribution in [0.15, 0.2) is 24.3 Å². The van der Waals surface area contributed by atoms with Crippen LogP contribution in [0, 0.1) is 5.82 Å². The maximum absolute atomic E-state index is 12.7. The average Bonchev–Trinajstić information content (AvgIpc) is 2.34. The van der Waals surface area contributed by atoms with Crippen LogP contribution in [0.5, 0.6) is 5.75 Å². The number of benzene rings is 1. The second-order valence-corrected chi connectivity index (χ2v) is 5.98. The van der Waals surface area contributed by atoms with Gasteiger partial charge in [0.2, 0.25) is 0 Å². The third-order valence-electron chi connectivity index (χ3n) is 3.57. The van der Waals surface area contributed by atoms with Crippen molar-refractivity contribution in [2.24, 2.45) is 0 Å². The Kier molecular flexibility index (Phi) is 5.50. The lowest BCUT2D eigenvalue weighted by atomic mass is 9.86. The first kappa shape index (κ1) is 16.9. The molecule has 20 heavy (non-hydrogen) atoms. The van der Waals surface area contributed by atoms with Crippen LogP contribution in [-0.2, 0) is 0 Å². The van der Waals surface area contributed by atoms with Gasteiger partial charge in [0.25, 0.3) is 0 Å². The van der Waals surface area contributed by atoms with Gasteiger partial charge in [0, 0.05) is 12.1 Å². The molecule has 5 heteroatoms. The minimum absolute atomic E-state index is 0.0978. The van der Waals surface area contributed by atoms with Gasteiger partial charge in [0.05, 0.1) is 5.60 Å². The first-order valence-electron chi connectivity index (χ1n) is 6.66. The minimum atomic E-state index is -0.912. The minimum Gasteiger partial charge on any atom is -0.491 e. The number of aliphatic hydroxyl groups excluding tert-OH is 1. The SMILES string of the molecule is CC(C)(O)C(C)(C)NCC(O)COc1ccc(F)cc1. The summed E-state index contributed by atoms with van der Waals surface area (Å²) < 4.78 is 18.1. The van der Waals surface area contributed by atoms with E-state index in [-0.39, 0.29) is 19.0 Å². The lowest BCUT2D eigenvalue weighted by Gasteiger charge is -2.38. The number of aliphatic hydroxyl groups is 2. The number of β-amino-alcohol motifs (C(OH)–C–C–N with tert-alkyl or cyclic N) is 1. The Hall–Kier alpha value is -1.17. The zero-order valence-corrected chi connectivity index (χ0v) is 12.5. The molecule has 0 spiro atoms. The Balaban J connectivity index is 2.37. The largest absolute Gasteiger partial charge is 0.491 e. The molecule has 4 nitrogen and oxygen atoms in total. The monoisotopic (exact) mass is 285 g/mol. The van der Waals surface area contributed by atoms with Crippen LogP contribution in [0.3, 0.4) is 0 Å². The van der Waals surface area contributed by atoms with Gasteiger partial charge in [-0.15, -0.1) is 0 Å². The Morgan fingerprint density at radius 2 is 1.75 bits per heavy atom. The number of rotatable bonds is 7. The molecular weight excluding hydrogens is 261 g/mol. The Labute approximate surface area is 119 Å². The summed E-state index contributed by atoms with van der Waals surface area (Å²) in [5.74, 6) is 0.179. The summed E-state index contributed by atoms with van der Waals surface area (Å²) in [5, 5.41) is 22.9. The summed E-state index contributed by atoms with van der Waals surface area (Å²) in [4.78, 5) is 0. The first-order valence-corrected chi connectivity index (χ1v) is 6.66. The molecule has 0 aliphatic carbocycles. The van der Waals surface area contributed by atoms with Gasteiger partial charge in [-0.2, -0.15) is 0 Å². The summed E-state index contributed by atoms with van der Waals surface area (Å²) in [6.45, 7) is 7.53. The van der Waals surface area contributed by atoms with E-state index in [0.717, 1.165) is 0 Å². The van der Waals surface area contributed by atoms with Gasteiger partial charge < -0.3 is 20.3 Å². The second-order valence-electron chi connectivity index (χ2n) is 5.98. The fourth-order valence-electron chi connectivity index (χ4n) is 1.37. The number of nitrogens with one attached hydrogen (secondary N) is 1. The van der Waals surface area contributed by atoms with Gasteiger partial charge in [-0.05, 0) is 52.0 Å². The van der Waals surface area contributed by atoms with Gasteiger partial charge in [-0.25, -0.2) is 4.39 Å². The Morgan fingerprint density at radius 1 is 1.20 bits per heavy atom. The standard InChI is InChI=1S/C15H24FNO3/c1-14(2,15(3,4)19)17-9-12(18)10-20-13-7-5-11(16)6-8-13/h5-8,12,17-19H,9-10H2,1-4H3. The van der Waals surface area contributed by atoms with E-state index in [9.17, 15) is 14.6 Å². The van der Waals surface area contributed by atoms with Crippen molar-refractivity contribution in [3.05, 3.63) is 30.1 Å². The zero-order valence-electron chi connectivity index (χ0n) is 12.5. The molecule has 1 rings (SSSR count). The molecular formula is C15H24FNO3. The zero-order chi connectivity index (χ0) is 15.4. The fraction of sp³-hybridized carbons (Fsp3) is 0.600. The number of halogens is 1. The number of hydrogen-bond donors (Lipinski definition) is 3. The quantitative estimate of drug-likeness (QED) is 0.713. The molecule has 1 aromatic carbocycles. The molecule has 114 valence electrons. The van der Waals surface area contributed by atoms with Crippen molar-refractivity contribution in [3.63, 3.8) is 0 Å². The van der Waals surface area contributed by atoms with Gasteiger partial charge >= 0.3 is 0 Å². The lowest BCUT2D eigenvalue weighted by Crippen LogP contribution is -2.57. The van der Waals surface area contributed by atoms with Gasteiger partial charge in [-0.1, -0.05) is 0 Å². The van der Waals surface area contributed by atoms with Crippen molar-refractivity contribution in [1.82, 2.24) is 5.32 Å². The van der Waals surface area contributed by atoms with E-state index < -0.39 is 17.2 Å². The predicted octanol–water partition coefficient (Wildman–Crippen LogP) is 1.70. The van der Waals surface area contributed by atoms with E-state index in [0.29, 0.717) is 5.75 Å². The van der Waals surface area contributed by atoms with Crippen molar-refractivity contribution in [3.8, 4) is 5.75 Å². The van der Waals surface area contributed by atoms with E-state index >= 15 is 0 Å². The van der Waals surface area contributed by atoms with Gasteiger partial charge in [0.1, 0.15) is 24.3 Å². The topological polar surface area (TPSA) is 61.7 Å². The summed E-state index contributed by atoms with van der Waals surface area (Å²) in [6.07, 6.45) is -0.721. The van der Waals surface area contributed by atoms with Crippen LogP contribution < -0.4 is 10.1 Å². The Bertz CT molecular complexity index is 412. The highest BCUT2D eigenvalue weighted by molar-refractivity contribution is 5.22. The summed E-state index contributed by atoms with van der Waals surface area (Å²) in [6, 6.07) is 5.63. The summed E-state index contributed by atoms with van der Waals surface area (Å²) in [7, 11) is 0. The molecule has 0 aliphatic rings. The van der Waals surface area contributed by atoms with Crippen molar-refractivity contribution in [2.75, 3.05) is 13.2 Å². The van der Waals surface area contributed by atoms with Crippen LogP contribution in [0.25, 0.3) is 0 Å². The molecule has 1 atom stereocenters. The molecule has 0 aliphatic heterocycles. The molecule has 3 N–H and O–H groups in total. The molecule has 0 bridgehead atoms. The maximum atomic E-state index is 12.7. The van der Waals surface area contributed by atoms with Crippen LogP contribution in [-0.4, -0.2) is 40.6 Å². The average molecular weight is 285 g/mol. The van der Waals surface area contributed by atoms with Crippen molar-refractivity contribution < 1.29 is 19.3 Å². The highest BCUT2D eigenvalue weighted by Gasteiger charge is 2.34. The lowest BCUT2D eigenvalue weighted by molar-refractivity contribution is -0.0120. The molecule has 0 heterocycles. The molecule has 1 aromatic rings. The maximum Gasteiger partial charge on any atom is 0.123 e. The first-order chi connectivity index (χ1) is 9.12. The van der Waals surface area contributed by atoms with Crippen molar-refractivity contribution in [1.29, 1.82) is 0 Å². The highest BCUT2D eigenvalue weighted by Crippen LogP contribution is 2.20. The van der Waals surface area contributed by atoms with Crippen molar-refractivity contribution >= 4 is 0 Å². The van der Waals surface area contributed by atoms with Crippen LogP contribution in [0.4, 0.5) is 4.39 Å². The summed E-state index contributed by atoms with van der Waals surface area (Å²) in [5.41, 5.74) is -1.45. The van der Waals surface area contributed by atoms with Crippen LogP contribution in [0.2, 0.25) is 0 Å². The van der Waals surface area contributed by atoms with E-state index in [1.807, 2.05) is 13.8 Å². The van der Waals surface area contributed by atoms with Crippen molar-refractivity contribution in [2.45, 2.75) is 44.9 Å². The van der Waals surface area contributed by atoms with Gasteiger partial charge in [0.15, 0.2) is 0 Å². The van der Waals surface area contributed by atoms with E-state index in [1.54, 1.807) is 13.8 Å². The van der Waals surface area contributed by atoms with Crippen LogP contribution >= 0.6 is 0 Å². The molecule has 0 amide bonds. The molecule has 0 radical (unpaired) electrons. The highest BCUT2D eigenvalue weighted by atomic mass is 19.1. The molecule has 0 fully saturated rings. The molecule has 0 saturated heterocycles. The van der Waals surface area contributed by atoms with E-state index in [1.165, 1.54) is 24.3 Å². The second kappa shape index (κ2) is 6.52. The third kappa shape index (κ3) is 5.07. The fourth-order valence-corrected chi connectivity index (χ4v) is 1.37. The smallest absolute Gasteiger partial charge is 0.123 e. The molecule has 0 saturated carbocycles. The van der Waals surface area contributed by atoms with E-state index in [2.05, 4.69) is 5.32 Å². The van der Waals surface area contributed by atoms with E-state index in [4.69, 9.17) is 4.74 Å². The van der Waals surface area contributed by atoms with Crippen LogP contribution in [0.1, 0.15) is 27.7 Å².